The van der Waals surface area contributed by atoms with Gasteiger partial charge in [-0.15, -0.1) is 0 Å². The molecule has 1 aromatic carbocycles. The second kappa shape index (κ2) is 12.7. The molecule has 0 atom stereocenters. The summed E-state index contributed by atoms with van der Waals surface area (Å²) < 4.78 is 5.75. The molecule has 2 aromatic rings. The largest absolute Gasteiger partial charge is 0.494 e. The Labute approximate surface area is 183 Å². The molecule has 3 rings (SSSR count). The molecular formula is C27H40N2O. The number of aromatic nitrogens is 2. The van der Waals surface area contributed by atoms with Gasteiger partial charge in [0.05, 0.1) is 6.61 Å². The lowest BCUT2D eigenvalue weighted by molar-refractivity contribution is 0.301. The van der Waals surface area contributed by atoms with E-state index in [0.29, 0.717) is 5.92 Å². The Bertz CT molecular complexity index is 703. The van der Waals surface area contributed by atoms with Crippen molar-refractivity contribution in [2.24, 2.45) is 5.92 Å². The zero-order valence-electron chi connectivity index (χ0n) is 19.1. The van der Waals surface area contributed by atoms with E-state index in [0.717, 1.165) is 42.5 Å². The molecule has 0 unspecified atom stereocenters. The first kappa shape index (κ1) is 22.8. The monoisotopic (exact) mass is 408 g/mol. The molecule has 30 heavy (non-hydrogen) atoms. The summed E-state index contributed by atoms with van der Waals surface area (Å²) in [5, 5.41) is 0. The predicted octanol–water partition coefficient (Wildman–Crippen LogP) is 7.96. The van der Waals surface area contributed by atoms with Gasteiger partial charge >= 0.3 is 0 Å². The number of nitrogens with zero attached hydrogens (tertiary/aromatic N) is 2. The second-order valence-corrected chi connectivity index (χ2v) is 8.99. The highest BCUT2D eigenvalue weighted by molar-refractivity contribution is 5.56. The third-order valence-electron chi connectivity index (χ3n) is 6.59. The SMILES string of the molecule is CCCCCCC[C@H]1CC[C@H](c2cnc(-c3ccc(OCCCC)cc3)nc2)CC1. The average molecular weight is 409 g/mol. The Morgan fingerprint density at radius 2 is 1.47 bits per heavy atom. The standard InChI is InChI=1S/C27H40N2O/c1-3-5-7-8-9-10-22-11-13-23(14-12-22)25-20-28-27(29-21-25)24-15-17-26(18-16-24)30-19-6-4-2/h15-18,20-23H,3-14,19H2,1-2H3/t22-,23-. The van der Waals surface area contributed by atoms with Crippen LogP contribution in [0.3, 0.4) is 0 Å². The van der Waals surface area contributed by atoms with Crippen molar-refractivity contribution in [1.82, 2.24) is 9.97 Å². The molecule has 0 spiro atoms. The molecule has 1 heterocycles. The summed E-state index contributed by atoms with van der Waals surface area (Å²) in [6, 6.07) is 8.15. The fraction of sp³-hybridized carbons (Fsp3) is 0.630. The van der Waals surface area contributed by atoms with Crippen LogP contribution in [-0.2, 0) is 0 Å². The minimum Gasteiger partial charge on any atom is -0.494 e. The molecule has 0 aliphatic heterocycles. The highest BCUT2D eigenvalue weighted by atomic mass is 16.5. The molecule has 3 nitrogen and oxygen atoms in total. The average Bonchev–Trinajstić information content (AvgIpc) is 2.80. The topological polar surface area (TPSA) is 35.0 Å². The Morgan fingerprint density at radius 1 is 0.800 bits per heavy atom. The first-order valence-corrected chi connectivity index (χ1v) is 12.3. The van der Waals surface area contributed by atoms with Crippen LogP contribution in [-0.4, -0.2) is 16.6 Å². The van der Waals surface area contributed by atoms with Gasteiger partial charge in [-0.2, -0.15) is 0 Å². The fourth-order valence-electron chi connectivity index (χ4n) is 4.55. The maximum absolute atomic E-state index is 5.75. The normalized spacial score (nSPS) is 19.0. The van der Waals surface area contributed by atoms with Crippen LogP contribution < -0.4 is 4.74 Å². The highest BCUT2D eigenvalue weighted by Gasteiger charge is 2.22. The maximum Gasteiger partial charge on any atom is 0.159 e. The van der Waals surface area contributed by atoms with Gasteiger partial charge in [0, 0.05) is 18.0 Å². The van der Waals surface area contributed by atoms with Crippen molar-refractivity contribution in [3.63, 3.8) is 0 Å². The smallest absolute Gasteiger partial charge is 0.159 e. The summed E-state index contributed by atoms with van der Waals surface area (Å²) >= 11 is 0. The van der Waals surface area contributed by atoms with Gasteiger partial charge in [-0.05, 0) is 73.8 Å². The van der Waals surface area contributed by atoms with Crippen LogP contribution in [0, 0.1) is 5.92 Å². The minimum absolute atomic E-state index is 0.643. The van der Waals surface area contributed by atoms with E-state index in [9.17, 15) is 0 Å². The summed E-state index contributed by atoms with van der Waals surface area (Å²) in [6.07, 6.45) is 20.2. The van der Waals surface area contributed by atoms with Gasteiger partial charge in [0.25, 0.3) is 0 Å². The molecule has 1 aliphatic carbocycles. The summed E-state index contributed by atoms with van der Waals surface area (Å²) in [4.78, 5) is 9.35. The molecule has 1 aliphatic rings. The molecule has 0 amide bonds. The molecule has 0 radical (unpaired) electrons. The maximum atomic E-state index is 5.75. The van der Waals surface area contributed by atoms with Crippen LogP contribution in [0.5, 0.6) is 5.75 Å². The van der Waals surface area contributed by atoms with Gasteiger partial charge in [0.2, 0.25) is 0 Å². The van der Waals surface area contributed by atoms with Crippen molar-refractivity contribution in [2.75, 3.05) is 6.61 Å². The van der Waals surface area contributed by atoms with Crippen molar-refractivity contribution in [1.29, 1.82) is 0 Å². The summed E-state index contributed by atoms with van der Waals surface area (Å²) in [6.45, 7) is 5.24. The van der Waals surface area contributed by atoms with Gasteiger partial charge in [-0.3, -0.25) is 0 Å². The third kappa shape index (κ3) is 7.11. The van der Waals surface area contributed by atoms with E-state index in [1.165, 1.54) is 69.8 Å². The first-order valence-electron chi connectivity index (χ1n) is 12.3. The van der Waals surface area contributed by atoms with E-state index in [-0.39, 0.29) is 0 Å². The summed E-state index contributed by atoms with van der Waals surface area (Å²) in [7, 11) is 0. The molecule has 0 N–H and O–H groups in total. The molecule has 1 fully saturated rings. The predicted molar refractivity (Wildman–Crippen MR) is 126 cm³/mol. The molecular weight excluding hydrogens is 368 g/mol. The molecule has 3 heteroatoms. The Hall–Kier alpha value is -1.90. The Morgan fingerprint density at radius 3 is 2.13 bits per heavy atom. The van der Waals surface area contributed by atoms with Gasteiger partial charge in [0.1, 0.15) is 5.75 Å². The van der Waals surface area contributed by atoms with Crippen LogP contribution in [0.4, 0.5) is 0 Å². The van der Waals surface area contributed by atoms with E-state index in [1.807, 2.05) is 12.1 Å². The van der Waals surface area contributed by atoms with E-state index in [2.05, 4.69) is 48.3 Å². The van der Waals surface area contributed by atoms with Gasteiger partial charge in [0.15, 0.2) is 5.82 Å². The zero-order valence-corrected chi connectivity index (χ0v) is 19.1. The lowest BCUT2D eigenvalue weighted by Crippen LogP contribution is -2.14. The molecule has 0 bridgehead atoms. The van der Waals surface area contributed by atoms with Gasteiger partial charge < -0.3 is 4.74 Å². The van der Waals surface area contributed by atoms with Gasteiger partial charge in [-0.25, -0.2) is 9.97 Å². The Balaban J connectivity index is 1.44. The Kier molecular flexibility index (Phi) is 9.66. The first-order chi connectivity index (χ1) is 14.8. The lowest BCUT2D eigenvalue weighted by Gasteiger charge is -2.28. The van der Waals surface area contributed by atoms with Crippen LogP contribution >= 0.6 is 0 Å². The van der Waals surface area contributed by atoms with Crippen LogP contribution in [0.2, 0.25) is 0 Å². The zero-order chi connectivity index (χ0) is 21.0. The number of unbranched alkanes of at least 4 members (excludes halogenated alkanes) is 5. The fourth-order valence-corrected chi connectivity index (χ4v) is 4.55. The van der Waals surface area contributed by atoms with Crippen molar-refractivity contribution in [3.8, 4) is 17.1 Å². The number of hydrogen-bond donors (Lipinski definition) is 0. The molecule has 164 valence electrons. The van der Waals surface area contributed by atoms with Crippen molar-refractivity contribution < 1.29 is 4.74 Å². The van der Waals surface area contributed by atoms with E-state index in [1.54, 1.807) is 0 Å². The number of benzene rings is 1. The summed E-state index contributed by atoms with van der Waals surface area (Å²) in [5.74, 6) is 3.32. The van der Waals surface area contributed by atoms with Crippen LogP contribution in [0.15, 0.2) is 36.7 Å². The minimum atomic E-state index is 0.643. The van der Waals surface area contributed by atoms with E-state index in [4.69, 9.17) is 4.74 Å². The van der Waals surface area contributed by atoms with E-state index >= 15 is 0 Å². The van der Waals surface area contributed by atoms with Crippen LogP contribution in [0.1, 0.15) is 102 Å². The highest BCUT2D eigenvalue weighted by Crippen LogP contribution is 2.37. The summed E-state index contributed by atoms with van der Waals surface area (Å²) in [5.41, 5.74) is 2.37. The molecule has 1 aromatic heterocycles. The second-order valence-electron chi connectivity index (χ2n) is 8.99. The number of ether oxygens (including phenoxy) is 1. The lowest BCUT2D eigenvalue weighted by atomic mass is 9.77. The van der Waals surface area contributed by atoms with Crippen molar-refractivity contribution >= 4 is 0 Å². The van der Waals surface area contributed by atoms with Gasteiger partial charge in [-0.1, -0.05) is 58.8 Å². The van der Waals surface area contributed by atoms with Crippen LogP contribution in [0.25, 0.3) is 11.4 Å². The quantitative estimate of drug-likeness (QED) is 0.334. The molecule has 0 saturated heterocycles. The third-order valence-corrected chi connectivity index (χ3v) is 6.59. The van der Waals surface area contributed by atoms with E-state index < -0.39 is 0 Å². The molecule has 1 saturated carbocycles. The van der Waals surface area contributed by atoms with Crippen molar-refractivity contribution in [2.45, 2.75) is 96.8 Å². The number of hydrogen-bond acceptors (Lipinski definition) is 3. The van der Waals surface area contributed by atoms with Crippen molar-refractivity contribution in [3.05, 3.63) is 42.2 Å². The number of rotatable bonds is 12.